The minimum atomic E-state index is -0.879. The quantitative estimate of drug-likeness (QED) is 0.772. The van der Waals surface area contributed by atoms with E-state index in [1.54, 1.807) is 25.1 Å². The monoisotopic (exact) mass is 263 g/mol. The van der Waals surface area contributed by atoms with Gasteiger partial charge in [-0.05, 0) is 18.1 Å². The van der Waals surface area contributed by atoms with Gasteiger partial charge in [0, 0.05) is 6.54 Å². The van der Waals surface area contributed by atoms with Gasteiger partial charge in [-0.1, -0.05) is 36.9 Å². The van der Waals surface area contributed by atoms with E-state index in [1.165, 1.54) is 6.08 Å². The zero-order valence-electron chi connectivity index (χ0n) is 10.8. The summed E-state index contributed by atoms with van der Waals surface area (Å²) in [5.41, 5.74) is 1.52. The Morgan fingerprint density at radius 1 is 1.53 bits per heavy atom. The highest BCUT2D eigenvalue weighted by Gasteiger charge is 2.13. The molecule has 0 saturated carbocycles. The summed E-state index contributed by atoms with van der Waals surface area (Å²) < 4.78 is 4.77. The Kier molecular flexibility index (Phi) is 5.60. The predicted molar refractivity (Wildman–Crippen MR) is 70.9 cm³/mol. The van der Waals surface area contributed by atoms with Crippen LogP contribution in [0.25, 0.3) is 0 Å². The molecule has 0 saturated heterocycles. The molecule has 0 aromatic heterocycles. The normalized spacial score (nSPS) is 11.4. The van der Waals surface area contributed by atoms with Gasteiger partial charge < -0.3 is 15.2 Å². The van der Waals surface area contributed by atoms with Crippen LogP contribution >= 0.6 is 0 Å². The van der Waals surface area contributed by atoms with Crippen LogP contribution in [0.1, 0.15) is 24.0 Å². The molecule has 0 fully saturated rings. The summed E-state index contributed by atoms with van der Waals surface area (Å²) in [5, 5.41) is 11.5. The number of ether oxygens (including phenoxy) is 1. The summed E-state index contributed by atoms with van der Waals surface area (Å²) in [6.45, 7) is 5.50. The molecular formula is C14H17NO4. The van der Waals surface area contributed by atoms with Crippen LogP contribution in [0.5, 0.6) is 0 Å². The number of hydrogen-bond acceptors (Lipinski definition) is 3. The van der Waals surface area contributed by atoms with Crippen molar-refractivity contribution in [1.82, 2.24) is 5.32 Å². The van der Waals surface area contributed by atoms with Crippen molar-refractivity contribution < 1.29 is 19.4 Å². The van der Waals surface area contributed by atoms with Crippen molar-refractivity contribution in [3.05, 3.63) is 48.0 Å². The fourth-order valence-electron chi connectivity index (χ4n) is 1.47. The van der Waals surface area contributed by atoms with Crippen LogP contribution in [0.3, 0.4) is 0 Å². The second-order valence-electron chi connectivity index (χ2n) is 4.05. The van der Waals surface area contributed by atoms with Gasteiger partial charge in [-0.2, -0.15) is 0 Å². The number of amides is 1. The molecule has 0 aliphatic rings. The highest BCUT2D eigenvalue weighted by Crippen LogP contribution is 2.16. The first kappa shape index (κ1) is 14.8. The fourth-order valence-corrected chi connectivity index (χ4v) is 1.47. The summed E-state index contributed by atoms with van der Waals surface area (Å²) >= 11 is 0. The number of alkyl carbamates (subject to hydrolysis) is 1. The number of hydrogen-bond donors (Lipinski definition) is 2. The standard InChI is InChI=1S/C14H17NO4/c1-3-7-19-14(18)15-9-11-5-4-6-12(8-11)10(2)13(16)17/h3-6,8,10H,1,7,9H2,2H3,(H,15,18)(H,16,17). The van der Waals surface area contributed by atoms with E-state index < -0.39 is 18.0 Å². The van der Waals surface area contributed by atoms with Crippen LogP contribution in [0, 0.1) is 0 Å². The number of carbonyl (C=O) groups is 2. The lowest BCUT2D eigenvalue weighted by Gasteiger charge is -2.09. The highest BCUT2D eigenvalue weighted by molar-refractivity contribution is 5.75. The maximum Gasteiger partial charge on any atom is 0.407 e. The molecule has 0 aliphatic carbocycles. The van der Waals surface area contributed by atoms with E-state index in [4.69, 9.17) is 9.84 Å². The molecule has 5 nitrogen and oxygen atoms in total. The van der Waals surface area contributed by atoms with Crippen LogP contribution < -0.4 is 5.32 Å². The van der Waals surface area contributed by atoms with Crippen molar-refractivity contribution in [3.8, 4) is 0 Å². The first-order valence-electron chi connectivity index (χ1n) is 5.87. The Hall–Kier alpha value is -2.30. The average molecular weight is 263 g/mol. The predicted octanol–water partition coefficient (Wildman–Crippen LogP) is 2.29. The largest absolute Gasteiger partial charge is 0.481 e. The number of nitrogens with one attached hydrogen (secondary N) is 1. The molecule has 0 spiro atoms. The van der Waals surface area contributed by atoms with E-state index in [0.29, 0.717) is 5.56 Å². The number of aliphatic carboxylic acids is 1. The van der Waals surface area contributed by atoms with E-state index in [1.807, 2.05) is 6.07 Å². The van der Waals surface area contributed by atoms with Gasteiger partial charge in [0.1, 0.15) is 6.61 Å². The smallest absolute Gasteiger partial charge is 0.407 e. The lowest BCUT2D eigenvalue weighted by atomic mass is 9.99. The molecule has 1 atom stereocenters. The van der Waals surface area contributed by atoms with Crippen LogP contribution in [-0.2, 0) is 16.1 Å². The maximum atomic E-state index is 11.2. The minimum Gasteiger partial charge on any atom is -0.481 e. The molecule has 0 aliphatic heterocycles. The Morgan fingerprint density at radius 3 is 2.89 bits per heavy atom. The van der Waals surface area contributed by atoms with Gasteiger partial charge in [-0.25, -0.2) is 4.79 Å². The Morgan fingerprint density at radius 2 is 2.26 bits per heavy atom. The first-order valence-corrected chi connectivity index (χ1v) is 5.87. The molecule has 1 aromatic carbocycles. The number of rotatable bonds is 6. The molecule has 0 heterocycles. The molecule has 1 aromatic rings. The van der Waals surface area contributed by atoms with Crippen molar-refractivity contribution in [2.24, 2.45) is 0 Å². The van der Waals surface area contributed by atoms with Gasteiger partial charge >= 0.3 is 12.1 Å². The maximum absolute atomic E-state index is 11.2. The van der Waals surface area contributed by atoms with Gasteiger partial charge in [-0.15, -0.1) is 0 Å². The Balaban J connectivity index is 2.60. The molecule has 0 bridgehead atoms. The van der Waals surface area contributed by atoms with E-state index >= 15 is 0 Å². The zero-order chi connectivity index (χ0) is 14.3. The Labute approximate surface area is 111 Å². The van der Waals surface area contributed by atoms with E-state index in [0.717, 1.165) is 5.56 Å². The molecule has 2 N–H and O–H groups in total. The molecule has 0 radical (unpaired) electrons. The lowest BCUT2D eigenvalue weighted by molar-refractivity contribution is -0.138. The summed E-state index contributed by atoms with van der Waals surface area (Å²) in [4.78, 5) is 22.1. The van der Waals surface area contributed by atoms with Crippen LogP contribution in [-0.4, -0.2) is 23.8 Å². The second kappa shape index (κ2) is 7.20. The van der Waals surface area contributed by atoms with E-state index in [9.17, 15) is 9.59 Å². The third-order valence-electron chi connectivity index (χ3n) is 2.59. The zero-order valence-corrected chi connectivity index (χ0v) is 10.8. The molecule has 19 heavy (non-hydrogen) atoms. The van der Waals surface area contributed by atoms with Gasteiger partial charge in [0.15, 0.2) is 0 Å². The van der Waals surface area contributed by atoms with Crippen molar-refractivity contribution >= 4 is 12.1 Å². The topological polar surface area (TPSA) is 75.6 Å². The van der Waals surface area contributed by atoms with E-state index in [2.05, 4.69) is 11.9 Å². The molecule has 102 valence electrons. The average Bonchev–Trinajstić information content (AvgIpc) is 2.42. The van der Waals surface area contributed by atoms with Gasteiger partial charge in [0.05, 0.1) is 5.92 Å². The van der Waals surface area contributed by atoms with Crippen LogP contribution in [0.15, 0.2) is 36.9 Å². The van der Waals surface area contributed by atoms with Gasteiger partial charge in [0.2, 0.25) is 0 Å². The van der Waals surface area contributed by atoms with Crippen molar-refractivity contribution in [2.75, 3.05) is 6.61 Å². The number of benzene rings is 1. The number of carboxylic acids is 1. The molecule has 1 unspecified atom stereocenters. The lowest BCUT2D eigenvalue weighted by Crippen LogP contribution is -2.23. The van der Waals surface area contributed by atoms with Crippen molar-refractivity contribution in [1.29, 1.82) is 0 Å². The molecule has 1 rings (SSSR count). The molecule has 5 heteroatoms. The first-order chi connectivity index (χ1) is 9.04. The molecular weight excluding hydrogens is 246 g/mol. The highest BCUT2D eigenvalue weighted by atomic mass is 16.5. The fraction of sp³-hybridized carbons (Fsp3) is 0.286. The van der Waals surface area contributed by atoms with Crippen LogP contribution in [0.2, 0.25) is 0 Å². The molecule has 1 amide bonds. The summed E-state index contributed by atoms with van der Waals surface area (Å²) in [6.07, 6.45) is 0.950. The Bertz CT molecular complexity index is 470. The third-order valence-corrected chi connectivity index (χ3v) is 2.59. The SMILES string of the molecule is C=CCOC(=O)NCc1cccc(C(C)C(=O)O)c1. The summed E-state index contributed by atoms with van der Waals surface area (Å²) in [5.74, 6) is -1.46. The van der Waals surface area contributed by atoms with Gasteiger partial charge in [-0.3, -0.25) is 4.79 Å². The summed E-state index contributed by atoms with van der Waals surface area (Å²) in [7, 11) is 0. The van der Waals surface area contributed by atoms with E-state index in [-0.39, 0.29) is 13.2 Å². The minimum absolute atomic E-state index is 0.155. The number of carboxylic acid groups (broad SMARTS) is 1. The second-order valence-corrected chi connectivity index (χ2v) is 4.05. The van der Waals surface area contributed by atoms with Crippen molar-refractivity contribution in [2.45, 2.75) is 19.4 Å². The van der Waals surface area contributed by atoms with Crippen LogP contribution in [0.4, 0.5) is 4.79 Å². The third kappa shape index (κ3) is 4.83. The van der Waals surface area contributed by atoms with Gasteiger partial charge in [0.25, 0.3) is 0 Å². The number of carbonyl (C=O) groups excluding carboxylic acids is 1. The summed E-state index contributed by atoms with van der Waals surface area (Å²) in [6, 6.07) is 7.08. The van der Waals surface area contributed by atoms with Crippen molar-refractivity contribution in [3.63, 3.8) is 0 Å².